The molecule has 1 atom stereocenters. The molecule has 1 unspecified atom stereocenters. The predicted molar refractivity (Wildman–Crippen MR) is 33.6 cm³/mol. The summed E-state index contributed by atoms with van der Waals surface area (Å²) >= 11 is 0. The Labute approximate surface area is 54.0 Å². The molecule has 1 aliphatic heterocycles. The minimum atomic E-state index is -0.126. The fraction of sp³-hybridized carbons (Fsp3) is 0.800. The second-order valence-electron chi connectivity index (χ2n) is 2.15. The molecule has 0 spiro atoms. The molecule has 0 aromatic carbocycles. The Morgan fingerprint density at radius 2 is 2.56 bits per heavy atom. The highest BCUT2D eigenvalue weighted by Gasteiger charge is 2.17. The first-order valence-corrected chi connectivity index (χ1v) is 3.02. The molecule has 0 radical (unpaired) electrons. The lowest BCUT2D eigenvalue weighted by atomic mass is 10.2. The van der Waals surface area contributed by atoms with E-state index in [2.05, 4.69) is 5.32 Å². The molecule has 0 bridgehead atoms. The number of hydrogen-bond acceptors (Lipinski definition) is 4. The van der Waals surface area contributed by atoms with Crippen LogP contribution in [-0.2, 0) is 4.79 Å². The summed E-state index contributed by atoms with van der Waals surface area (Å²) in [6, 6.07) is -0.126. The van der Waals surface area contributed by atoms with Gasteiger partial charge in [0.05, 0.1) is 6.04 Å². The van der Waals surface area contributed by atoms with E-state index in [0.717, 1.165) is 19.4 Å². The molecule has 1 heterocycles. The van der Waals surface area contributed by atoms with Gasteiger partial charge in [0.15, 0.2) is 0 Å². The van der Waals surface area contributed by atoms with Crippen LogP contribution in [0.3, 0.4) is 0 Å². The number of rotatable bonds is 1. The van der Waals surface area contributed by atoms with Crippen LogP contribution in [0.4, 0.5) is 0 Å². The van der Waals surface area contributed by atoms with Gasteiger partial charge in [-0.25, -0.2) is 5.01 Å². The van der Waals surface area contributed by atoms with Crippen LogP contribution < -0.4 is 11.2 Å². The number of carbonyl (C=O) groups excluding carboxylic acids is 1. The van der Waals surface area contributed by atoms with Gasteiger partial charge in [0.1, 0.15) is 6.29 Å². The van der Waals surface area contributed by atoms with Gasteiger partial charge >= 0.3 is 0 Å². The van der Waals surface area contributed by atoms with Gasteiger partial charge in [-0.05, 0) is 0 Å². The number of hydrazine groups is 1. The lowest BCUT2D eigenvalue weighted by Crippen LogP contribution is -2.55. The summed E-state index contributed by atoms with van der Waals surface area (Å²) in [4.78, 5) is 10.2. The Bertz CT molecular complexity index is 106. The molecule has 4 heteroatoms. The van der Waals surface area contributed by atoms with Gasteiger partial charge in [0.2, 0.25) is 0 Å². The molecular weight excluding hydrogens is 118 g/mol. The molecule has 1 rings (SSSR count). The monoisotopic (exact) mass is 129 g/mol. The summed E-state index contributed by atoms with van der Waals surface area (Å²) in [5, 5.41) is 4.62. The number of hydrogen-bond donors (Lipinski definition) is 2. The first-order valence-electron chi connectivity index (χ1n) is 3.02. The van der Waals surface area contributed by atoms with Gasteiger partial charge in [0.25, 0.3) is 0 Å². The van der Waals surface area contributed by atoms with Crippen LogP contribution in [0.1, 0.15) is 0 Å². The van der Waals surface area contributed by atoms with Gasteiger partial charge in [-0.15, -0.1) is 0 Å². The zero-order chi connectivity index (χ0) is 6.69. The summed E-state index contributed by atoms with van der Waals surface area (Å²) in [5.41, 5.74) is 0. The molecule has 1 fully saturated rings. The first-order chi connectivity index (χ1) is 4.34. The van der Waals surface area contributed by atoms with Gasteiger partial charge in [-0.2, -0.15) is 0 Å². The number of nitrogens with two attached hydrogens (primary N) is 1. The summed E-state index contributed by atoms with van der Waals surface area (Å²) in [7, 11) is 0. The SMILES string of the molecule is NN1CCNCC1C=O. The van der Waals surface area contributed by atoms with E-state index in [0.29, 0.717) is 6.54 Å². The lowest BCUT2D eigenvalue weighted by Gasteiger charge is -2.28. The van der Waals surface area contributed by atoms with Crippen molar-refractivity contribution in [3.8, 4) is 0 Å². The molecule has 0 aliphatic carbocycles. The molecule has 0 saturated carbocycles. The second kappa shape index (κ2) is 2.91. The zero-order valence-corrected chi connectivity index (χ0v) is 5.21. The van der Waals surface area contributed by atoms with Crippen molar-refractivity contribution in [1.82, 2.24) is 10.3 Å². The molecule has 1 saturated heterocycles. The van der Waals surface area contributed by atoms with E-state index in [-0.39, 0.29) is 6.04 Å². The van der Waals surface area contributed by atoms with Gasteiger partial charge in [-0.1, -0.05) is 0 Å². The predicted octanol–water partition coefficient (Wildman–Crippen LogP) is -1.67. The van der Waals surface area contributed by atoms with Gasteiger partial charge in [-0.3, -0.25) is 5.84 Å². The summed E-state index contributed by atoms with van der Waals surface area (Å²) in [5.74, 6) is 5.45. The maximum absolute atomic E-state index is 10.2. The van der Waals surface area contributed by atoms with Crippen molar-refractivity contribution in [2.45, 2.75) is 6.04 Å². The van der Waals surface area contributed by atoms with Gasteiger partial charge in [0, 0.05) is 19.6 Å². The smallest absolute Gasteiger partial charge is 0.139 e. The second-order valence-corrected chi connectivity index (χ2v) is 2.15. The van der Waals surface area contributed by atoms with Crippen LogP contribution in [0.5, 0.6) is 0 Å². The summed E-state index contributed by atoms with van der Waals surface area (Å²) in [6.07, 6.45) is 0.867. The van der Waals surface area contributed by atoms with E-state index in [1.807, 2.05) is 0 Å². The average molecular weight is 129 g/mol. The summed E-state index contributed by atoms with van der Waals surface area (Å²) < 4.78 is 0. The molecule has 9 heavy (non-hydrogen) atoms. The number of nitrogens with one attached hydrogen (secondary N) is 1. The van der Waals surface area contributed by atoms with E-state index in [1.54, 1.807) is 5.01 Å². The largest absolute Gasteiger partial charge is 0.313 e. The molecule has 52 valence electrons. The van der Waals surface area contributed by atoms with Crippen molar-refractivity contribution in [1.29, 1.82) is 0 Å². The van der Waals surface area contributed by atoms with Crippen molar-refractivity contribution in [3.63, 3.8) is 0 Å². The maximum atomic E-state index is 10.2. The highest BCUT2D eigenvalue weighted by Crippen LogP contribution is 1.91. The van der Waals surface area contributed by atoms with Crippen molar-refractivity contribution >= 4 is 6.29 Å². The number of aldehydes is 1. The molecular formula is C5H11N3O. The standard InChI is InChI=1S/C5H11N3O/c6-8-2-1-7-3-5(8)4-9/h4-5,7H,1-3,6H2. The van der Waals surface area contributed by atoms with Crippen molar-refractivity contribution in [2.75, 3.05) is 19.6 Å². The highest BCUT2D eigenvalue weighted by atomic mass is 16.1. The van der Waals surface area contributed by atoms with Crippen molar-refractivity contribution in [3.05, 3.63) is 0 Å². The number of carbonyl (C=O) groups is 1. The van der Waals surface area contributed by atoms with Crippen LogP contribution in [-0.4, -0.2) is 37.0 Å². The van der Waals surface area contributed by atoms with Crippen molar-refractivity contribution in [2.24, 2.45) is 5.84 Å². The molecule has 0 aromatic rings. The minimum absolute atomic E-state index is 0.126. The Hall–Kier alpha value is -0.450. The Morgan fingerprint density at radius 3 is 3.00 bits per heavy atom. The first kappa shape index (κ1) is 6.67. The fourth-order valence-electron chi connectivity index (χ4n) is 0.867. The topological polar surface area (TPSA) is 58.4 Å². The maximum Gasteiger partial charge on any atom is 0.139 e. The Kier molecular flexibility index (Phi) is 2.16. The van der Waals surface area contributed by atoms with Gasteiger partial charge < -0.3 is 10.1 Å². The Morgan fingerprint density at radius 1 is 1.78 bits per heavy atom. The normalized spacial score (nSPS) is 30.1. The minimum Gasteiger partial charge on any atom is -0.313 e. The third-order valence-electron chi connectivity index (χ3n) is 1.48. The molecule has 3 N–H and O–H groups in total. The highest BCUT2D eigenvalue weighted by molar-refractivity contribution is 5.58. The van der Waals surface area contributed by atoms with Crippen LogP contribution >= 0.6 is 0 Å². The van der Waals surface area contributed by atoms with Crippen LogP contribution in [0.15, 0.2) is 0 Å². The molecule has 0 amide bonds. The van der Waals surface area contributed by atoms with Crippen LogP contribution in [0.2, 0.25) is 0 Å². The molecule has 4 nitrogen and oxygen atoms in total. The fourth-order valence-corrected chi connectivity index (χ4v) is 0.867. The summed E-state index contributed by atoms with van der Waals surface area (Å²) in [6.45, 7) is 2.31. The van der Waals surface area contributed by atoms with E-state index in [9.17, 15) is 4.79 Å². The van der Waals surface area contributed by atoms with E-state index >= 15 is 0 Å². The third kappa shape index (κ3) is 1.48. The molecule has 0 aromatic heterocycles. The number of nitrogens with zero attached hydrogens (tertiary/aromatic N) is 1. The Balaban J connectivity index is 2.38. The van der Waals surface area contributed by atoms with E-state index in [4.69, 9.17) is 5.84 Å². The molecule has 1 aliphatic rings. The number of piperazine rings is 1. The van der Waals surface area contributed by atoms with Crippen LogP contribution in [0.25, 0.3) is 0 Å². The van der Waals surface area contributed by atoms with E-state index in [1.165, 1.54) is 0 Å². The van der Waals surface area contributed by atoms with Crippen molar-refractivity contribution < 1.29 is 4.79 Å². The zero-order valence-electron chi connectivity index (χ0n) is 5.21. The lowest BCUT2D eigenvalue weighted by molar-refractivity contribution is -0.113. The quantitative estimate of drug-likeness (QED) is 0.328. The average Bonchev–Trinajstić information content (AvgIpc) is 1.89. The third-order valence-corrected chi connectivity index (χ3v) is 1.48. The van der Waals surface area contributed by atoms with E-state index < -0.39 is 0 Å². The van der Waals surface area contributed by atoms with Crippen LogP contribution in [0, 0.1) is 0 Å².